The molecule has 2 amide bonds. The maximum absolute atomic E-state index is 13.5. The monoisotopic (exact) mass is 302 g/mol. The molecule has 0 aliphatic carbocycles. The van der Waals surface area contributed by atoms with Crippen molar-refractivity contribution >= 4 is 11.8 Å². The fraction of sp³-hybridized carbons (Fsp3) is 0.429. The van der Waals surface area contributed by atoms with E-state index in [1.807, 2.05) is 0 Å². The Morgan fingerprint density at radius 2 is 1.52 bits per heavy atom. The van der Waals surface area contributed by atoms with Crippen LogP contribution in [0.4, 0.5) is 13.2 Å². The number of hydrogen-bond acceptors (Lipinski definition) is 2. The van der Waals surface area contributed by atoms with Crippen LogP contribution in [0.3, 0.4) is 0 Å². The molecule has 0 aromatic heterocycles. The zero-order valence-corrected chi connectivity index (χ0v) is 11.9. The summed E-state index contributed by atoms with van der Waals surface area (Å²) in [6.07, 6.45) is -5.07. The lowest BCUT2D eigenvalue weighted by atomic mass is 9.85. The van der Waals surface area contributed by atoms with Crippen LogP contribution in [-0.2, 0) is 15.1 Å². The Morgan fingerprint density at radius 1 is 1.05 bits per heavy atom. The van der Waals surface area contributed by atoms with Gasteiger partial charge in [-0.2, -0.15) is 13.2 Å². The minimum absolute atomic E-state index is 0.428. The van der Waals surface area contributed by atoms with Gasteiger partial charge in [-0.15, -0.1) is 0 Å². The van der Waals surface area contributed by atoms with Crippen LogP contribution >= 0.6 is 0 Å². The number of amides is 2. The Balaban J connectivity index is 3.49. The Kier molecular flexibility index (Phi) is 4.36. The van der Waals surface area contributed by atoms with Gasteiger partial charge in [0.15, 0.2) is 0 Å². The Hall–Kier alpha value is -2.05. The third kappa shape index (κ3) is 3.17. The Labute approximate surface area is 120 Å². The minimum atomic E-state index is -5.07. The number of carbonyl (C=O) groups is 2. The zero-order chi connectivity index (χ0) is 16.5. The van der Waals surface area contributed by atoms with Gasteiger partial charge < -0.3 is 11.1 Å². The number of hydrogen-bond donors (Lipinski definition) is 2. The van der Waals surface area contributed by atoms with E-state index in [0.29, 0.717) is 0 Å². The molecule has 0 saturated heterocycles. The number of nitrogens with one attached hydrogen (secondary N) is 1. The maximum atomic E-state index is 13.5. The average Bonchev–Trinajstić information content (AvgIpc) is 2.33. The van der Waals surface area contributed by atoms with Crippen molar-refractivity contribution in [1.29, 1.82) is 0 Å². The molecule has 1 aromatic rings. The van der Waals surface area contributed by atoms with Gasteiger partial charge in [0.05, 0.1) is 0 Å². The highest BCUT2D eigenvalue weighted by molar-refractivity contribution is 5.93. The summed E-state index contributed by atoms with van der Waals surface area (Å²) in [4.78, 5) is 23.6. The summed E-state index contributed by atoms with van der Waals surface area (Å²) in [7, 11) is 0. The highest BCUT2D eigenvalue weighted by atomic mass is 19.4. The molecule has 7 heteroatoms. The van der Waals surface area contributed by atoms with Gasteiger partial charge in [-0.25, -0.2) is 0 Å². The van der Waals surface area contributed by atoms with Crippen LogP contribution in [0.1, 0.15) is 26.3 Å². The summed E-state index contributed by atoms with van der Waals surface area (Å²) in [6.45, 7) is 4.32. The van der Waals surface area contributed by atoms with E-state index < -0.39 is 34.5 Å². The van der Waals surface area contributed by atoms with Gasteiger partial charge in [0.25, 0.3) is 5.91 Å². The summed E-state index contributed by atoms with van der Waals surface area (Å²) in [5.74, 6) is -2.61. The molecule has 0 bridgehead atoms. The number of carbonyl (C=O) groups excluding carboxylic acids is 2. The van der Waals surface area contributed by atoms with Crippen LogP contribution in [0.5, 0.6) is 0 Å². The topological polar surface area (TPSA) is 72.2 Å². The molecule has 0 fully saturated rings. The fourth-order valence-electron chi connectivity index (χ4n) is 1.70. The van der Waals surface area contributed by atoms with Crippen molar-refractivity contribution in [3.8, 4) is 0 Å². The molecule has 3 N–H and O–H groups in total. The third-order valence-electron chi connectivity index (χ3n) is 2.98. The lowest BCUT2D eigenvalue weighted by molar-refractivity contribution is -0.204. The number of benzene rings is 1. The predicted octanol–water partition coefficient (Wildman–Crippen LogP) is 2.09. The van der Waals surface area contributed by atoms with Crippen molar-refractivity contribution in [2.45, 2.75) is 32.5 Å². The zero-order valence-electron chi connectivity index (χ0n) is 11.9. The van der Waals surface area contributed by atoms with Crippen molar-refractivity contribution in [2.24, 2.45) is 11.1 Å². The van der Waals surface area contributed by atoms with Crippen LogP contribution in [0, 0.1) is 5.41 Å². The van der Waals surface area contributed by atoms with Crippen molar-refractivity contribution < 1.29 is 22.8 Å². The lowest BCUT2D eigenvalue weighted by Gasteiger charge is -2.36. The predicted molar refractivity (Wildman–Crippen MR) is 71.0 cm³/mol. The fourth-order valence-corrected chi connectivity index (χ4v) is 1.70. The minimum Gasteiger partial charge on any atom is -0.367 e. The second-order valence-electron chi connectivity index (χ2n) is 5.68. The van der Waals surface area contributed by atoms with E-state index in [-0.39, 0.29) is 0 Å². The van der Waals surface area contributed by atoms with Gasteiger partial charge in [-0.3, -0.25) is 9.59 Å². The quantitative estimate of drug-likeness (QED) is 0.897. The molecular formula is C14H17F3N2O2. The second kappa shape index (κ2) is 5.38. The summed E-state index contributed by atoms with van der Waals surface area (Å²) in [6, 6.07) is 6.36. The molecule has 0 unspecified atom stereocenters. The van der Waals surface area contributed by atoms with Gasteiger partial charge >= 0.3 is 6.18 Å². The molecule has 1 aromatic carbocycles. The molecule has 0 heterocycles. The lowest BCUT2D eigenvalue weighted by Crippen LogP contribution is -2.65. The van der Waals surface area contributed by atoms with Gasteiger partial charge in [-0.05, 0) is 5.56 Å². The van der Waals surface area contributed by atoms with Gasteiger partial charge in [-0.1, -0.05) is 51.1 Å². The second-order valence-corrected chi connectivity index (χ2v) is 5.68. The first-order chi connectivity index (χ1) is 9.43. The highest BCUT2D eigenvalue weighted by Crippen LogP contribution is 2.39. The smallest absolute Gasteiger partial charge is 0.367 e. The molecule has 21 heavy (non-hydrogen) atoms. The average molecular weight is 302 g/mol. The number of alkyl halides is 3. The molecule has 0 saturated carbocycles. The molecule has 0 spiro atoms. The van der Waals surface area contributed by atoms with Crippen LogP contribution in [-0.4, -0.2) is 18.0 Å². The SMILES string of the molecule is CC(C)(C)C(=O)N[C@@](C(N)=O)(c1ccccc1)C(F)(F)F. The first kappa shape index (κ1) is 17.0. The van der Waals surface area contributed by atoms with Gasteiger partial charge in [0.1, 0.15) is 0 Å². The molecule has 4 nitrogen and oxygen atoms in total. The molecule has 1 rings (SSSR count). The molecule has 0 radical (unpaired) electrons. The maximum Gasteiger partial charge on any atom is 0.425 e. The summed E-state index contributed by atoms with van der Waals surface area (Å²) >= 11 is 0. The number of rotatable bonds is 3. The van der Waals surface area contributed by atoms with E-state index in [1.165, 1.54) is 39.0 Å². The number of primary amides is 1. The number of halogens is 3. The van der Waals surface area contributed by atoms with Crippen molar-refractivity contribution in [3.05, 3.63) is 35.9 Å². The van der Waals surface area contributed by atoms with E-state index in [1.54, 1.807) is 5.32 Å². The molecule has 116 valence electrons. The molecule has 0 aliphatic heterocycles. The Morgan fingerprint density at radius 3 is 1.86 bits per heavy atom. The first-order valence-electron chi connectivity index (χ1n) is 6.17. The van der Waals surface area contributed by atoms with E-state index in [2.05, 4.69) is 0 Å². The van der Waals surface area contributed by atoms with Gasteiger partial charge in [0, 0.05) is 5.41 Å². The van der Waals surface area contributed by atoms with E-state index in [4.69, 9.17) is 5.73 Å². The van der Waals surface area contributed by atoms with Crippen molar-refractivity contribution in [1.82, 2.24) is 5.32 Å². The van der Waals surface area contributed by atoms with Crippen molar-refractivity contribution in [3.63, 3.8) is 0 Å². The van der Waals surface area contributed by atoms with Crippen LogP contribution in [0.25, 0.3) is 0 Å². The van der Waals surface area contributed by atoms with Gasteiger partial charge in [0.2, 0.25) is 11.4 Å². The highest BCUT2D eigenvalue weighted by Gasteiger charge is 2.62. The summed E-state index contributed by atoms with van der Waals surface area (Å²) in [5.41, 5.74) is 0.218. The van der Waals surface area contributed by atoms with Crippen LogP contribution in [0.15, 0.2) is 30.3 Å². The Bertz CT molecular complexity index is 535. The number of nitrogens with two attached hydrogens (primary N) is 1. The van der Waals surface area contributed by atoms with E-state index >= 15 is 0 Å². The normalized spacial score (nSPS) is 15.1. The van der Waals surface area contributed by atoms with Crippen LogP contribution in [0.2, 0.25) is 0 Å². The molecular weight excluding hydrogens is 285 g/mol. The summed E-state index contributed by atoms with van der Waals surface area (Å²) in [5, 5.41) is 1.79. The van der Waals surface area contributed by atoms with E-state index in [9.17, 15) is 22.8 Å². The van der Waals surface area contributed by atoms with E-state index in [0.717, 1.165) is 12.1 Å². The molecule has 0 aliphatic rings. The third-order valence-corrected chi connectivity index (χ3v) is 2.98. The van der Waals surface area contributed by atoms with Crippen molar-refractivity contribution in [2.75, 3.05) is 0 Å². The first-order valence-corrected chi connectivity index (χ1v) is 6.17. The molecule has 1 atom stereocenters. The standard InChI is InChI=1S/C14H17F3N2O2/c1-12(2,3)11(21)19-13(10(18)20,14(15,16)17)9-7-5-4-6-8-9/h4-8H,1-3H3,(H2,18,20)(H,19,21)/t13-/m1/s1. The van der Waals surface area contributed by atoms with Crippen LogP contribution < -0.4 is 11.1 Å². The summed E-state index contributed by atoms with van der Waals surface area (Å²) < 4.78 is 40.6. The largest absolute Gasteiger partial charge is 0.425 e.